The van der Waals surface area contributed by atoms with Crippen LogP contribution in [0.5, 0.6) is 0 Å². The number of rotatable bonds is 10. The normalized spacial score (nSPS) is 10.8. The Morgan fingerprint density at radius 1 is 1.24 bits per heavy atom. The van der Waals surface area contributed by atoms with E-state index in [1.54, 1.807) is 12.1 Å². The Bertz CT molecular complexity index is 637. The molecule has 0 aliphatic heterocycles. The van der Waals surface area contributed by atoms with Gasteiger partial charge in [-0.2, -0.15) is 5.26 Å². The molecular formula is C18H21N3O4. The zero-order valence-corrected chi connectivity index (χ0v) is 13.9. The molecule has 0 spiro atoms. The summed E-state index contributed by atoms with van der Waals surface area (Å²) in [5.74, 6) is -1.49. The predicted molar refractivity (Wildman–Crippen MR) is 91.1 cm³/mol. The van der Waals surface area contributed by atoms with Crippen molar-refractivity contribution >= 4 is 17.8 Å². The third-order valence-corrected chi connectivity index (χ3v) is 3.20. The van der Waals surface area contributed by atoms with Gasteiger partial charge in [-0.05, 0) is 12.0 Å². The average molecular weight is 343 g/mol. The fourth-order valence-corrected chi connectivity index (χ4v) is 1.99. The molecule has 2 N–H and O–H groups in total. The van der Waals surface area contributed by atoms with E-state index >= 15 is 0 Å². The summed E-state index contributed by atoms with van der Waals surface area (Å²) >= 11 is 0. The molecule has 0 radical (unpaired) electrons. The lowest BCUT2D eigenvalue weighted by molar-refractivity contribution is -0.146. The van der Waals surface area contributed by atoms with Crippen molar-refractivity contribution in [3.8, 4) is 6.07 Å². The SMILES string of the molecule is C=CCCC(=O)NCC(=O)N[C@@H](Cc1ccccc1)C(=O)OCC#N. The number of nitriles is 1. The average Bonchev–Trinajstić information content (AvgIpc) is 2.63. The zero-order valence-electron chi connectivity index (χ0n) is 13.9. The summed E-state index contributed by atoms with van der Waals surface area (Å²) in [6, 6.07) is 9.86. The number of esters is 1. The van der Waals surface area contributed by atoms with Gasteiger partial charge in [-0.15, -0.1) is 6.58 Å². The molecule has 0 fully saturated rings. The molecule has 132 valence electrons. The van der Waals surface area contributed by atoms with E-state index in [0.717, 1.165) is 5.56 Å². The molecule has 0 aliphatic carbocycles. The van der Waals surface area contributed by atoms with E-state index in [0.29, 0.717) is 6.42 Å². The molecule has 2 amide bonds. The third-order valence-electron chi connectivity index (χ3n) is 3.20. The van der Waals surface area contributed by atoms with E-state index in [9.17, 15) is 14.4 Å². The Labute approximate surface area is 146 Å². The first-order valence-corrected chi connectivity index (χ1v) is 7.81. The zero-order chi connectivity index (χ0) is 18.5. The van der Waals surface area contributed by atoms with E-state index in [-0.39, 0.29) is 25.3 Å². The lowest BCUT2D eigenvalue weighted by atomic mass is 10.1. The number of ether oxygens (including phenoxy) is 1. The van der Waals surface area contributed by atoms with Crippen LogP contribution in [-0.4, -0.2) is 37.0 Å². The van der Waals surface area contributed by atoms with E-state index < -0.39 is 24.5 Å². The van der Waals surface area contributed by atoms with Crippen LogP contribution in [-0.2, 0) is 25.5 Å². The Hall–Kier alpha value is -3.14. The van der Waals surface area contributed by atoms with Crippen LogP contribution >= 0.6 is 0 Å². The molecule has 0 aliphatic rings. The van der Waals surface area contributed by atoms with Crippen LogP contribution < -0.4 is 10.6 Å². The highest BCUT2D eigenvalue weighted by atomic mass is 16.5. The Kier molecular flexibility index (Phi) is 9.08. The fraction of sp³-hybridized carbons (Fsp3) is 0.333. The first kappa shape index (κ1) is 19.9. The van der Waals surface area contributed by atoms with Crippen LogP contribution in [0.2, 0.25) is 0 Å². The first-order valence-electron chi connectivity index (χ1n) is 7.81. The summed E-state index contributed by atoms with van der Waals surface area (Å²) < 4.78 is 4.79. The minimum Gasteiger partial charge on any atom is -0.449 e. The van der Waals surface area contributed by atoms with E-state index in [2.05, 4.69) is 17.2 Å². The van der Waals surface area contributed by atoms with Crippen LogP contribution in [0, 0.1) is 11.3 Å². The van der Waals surface area contributed by atoms with Gasteiger partial charge in [0.25, 0.3) is 0 Å². The number of carbonyl (C=O) groups excluding carboxylic acids is 3. The van der Waals surface area contributed by atoms with Gasteiger partial charge in [0.1, 0.15) is 12.1 Å². The fourth-order valence-electron chi connectivity index (χ4n) is 1.99. The maximum atomic E-state index is 12.0. The lowest BCUT2D eigenvalue weighted by Gasteiger charge is -2.17. The third kappa shape index (κ3) is 8.32. The van der Waals surface area contributed by atoms with Crippen LogP contribution in [0.4, 0.5) is 0 Å². The summed E-state index contributed by atoms with van der Waals surface area (Å²) in [4.78, 5) is 35.5. The molecule has 1 rings (SSSR count). The van der Waals surface area contributed by atoms with Crippen LogP contribution in [0.1, 0.15) is 18.4 Å². The van der Waals surface area contributed by atoms with Crippen molar-refractivity contribution in [1.29, 1.82) is 5.26 Å². The second kappa shape index (κ2) is 11.4. The van der Waals surface area contributed by atoms with Gasteiger partial charge < -0.3 is 15.4 Å². The second-order valence-corrected chi connectivity index (χ2v) is 5.18. The highest BCUT2D eigenvalue weighted by Gasteiger charge is 2.22. The number of hydrogen-bond donors (Lipinski definition) is 2. The minimum absolute atomic E-state index is 0.223. The van der Waals surface area contributed by atoms with Gasteiger partial charge in [-0.1, -0.05) is 36.4 Å². The second-order valence-electron chi connectivity index (χ2n) is 5.18. The molecule has 0 heterocycles. The maximum absolute atomic E-state index is 12.0. The van der Waals surface area contributed by atoms with Crippen molar-refractivity contribution in [3.05, 3.63) is 48.6 Å². The summed E-state index contributed by atoms with van der Waals surface area (Å²) in [5, 5.41) is 13.5. The predicted octanol–water partition coefficient (Wildman–Crippen LogP) is 0.863. The summed E-state index contributed by atoms with van der Waals surface area (Å²) in [5.41, 5.74) is 0.830. The van der Waals surface area contributed by atoms with Crippen molar-refractivity contribution in [2.45, 2.75) is 25.3 Å². The molecule has 0 unspecified atom stereocenters. The number of amides is 2. The lowest BCUT2D eigenvalue weighted by Crippen LogP contribution is -2.47. The van der Waals surface area contributed by atoms with Crippen molar-refractivity contribution in [1.82, 2.24) is 10.6 Å². The molecule has 1 atom stereocenters. The molecule has 1 aromatic rings. The van der Waals surface area contributed by atoms with Crippen LogP contribution in [0.25, 0.3) is 0 Å². The maximum Gasteiger partial charge on any atom is 0.330 e. The number of nitrogens with one attached hydrogen (secondary N) is 2. The number of carbonyl (C=O) groups is 3. The standard InChI is InChI=1S/C18H21N3O4/c1-2-3-9-16(22)20-13-17(23)21-15(18(24)25-11-10-19)12-14-7-5-4-6-8-14/h2,4-8,15H,1,3,9,11-13H2,(H,20,22)(H,21,23)/t15-/m0/s1. The molecular weight excluding hydrogens is 322 g/mol. The molecule has 0 bridgehead atoms. The smallest absolute Gasteiger partial charge is 0.330 e. The van der Waals surface area contributed by atoms with Gasteiger partial charge in [0.05, 0.1) is 6.54 Å². The van der Waals surface area contributed by atoms with Gasteiger partial charge in [0.15, 0.2) is 6.61 Å². The quantitative estimate of drug-likeness (QED) is 0.484. The number of allylic oxidation sites excluding steroid dienone is 1. The summed E-state index contributed by atoms with van der Waals surface area (Å²) in [6.07, 6.45) is 2.60. The Balaban J connectivity index is 2.61. The number of hydrogen-bond acceptors (Lipinski definition) is 5. The molecule has 0 saturated heterocycles. The number of benzene rings is 1. The van der Waals surface area contributed by atoms with E-state index in [1.807, 2.05) is 30.3 Å². The monoisotopic (exact) mass is 343 g/mol. The molecule has 25 heavy (non-hydrogen) atoms. The van der Waals surface area contributed by atoms with Crippen LogP contribution in [0.15, 0.2) is 43.0 Å². The molecule has 1 aromatic carbocycles. The van der Waals surface area contributed by atoms with Crippen molar-refractivity contribution in [2.24, 2.45) is 0 Å². The van der Waals surface area contributed by atoms with Crippen molar-refractivity contribution in [3.63, 3.8) is 0 Å². The minimum atomic E-state index is -0.937. The van der Waals surface area contributed by atoms with E-state index in [1.165, 1.54) is 0 Å². The highest BCUT2D eigenvalue weighted by molar-refractivity contribution is 5.88. The summed E-state index contributed by atoms with van der Waals surface area (Å²) in [6.45, 7) is 2.88. The van der Waals surface area contributed by atoms with Gasteiger partial charge in [-0.3, -0.25) is 9.59 Å². The van der Waals surface area contributed by atoms with Crippen molar-refractivity contribution in [2.75, 3.05) is 13.2 Å². The first-order chi connectivity index (χ1) is 12.1. The van der Waals surface area contributed by atoms with Crippen LogP contribution in [0.3, 0.4) is 0 Å². The van der Waals surface area contributed by atoms with Crippen molar-refractivity contribution < 1.29 is 19.1 Å². The molecule has 0 saturated carbocycles. The summed E-state index contributed by atoms with van der Waals surface area (Å²) in [7, 11) is 0. The number of nitrogens with zero attached hydrogens (tertiary/aromatic N) is 1. The van der Waals surface area contributed by atoms with Gasteiger partial charge >= 0.3 is 5.97 Å². The topological polar surface area (TPSA) is 108 Å². The Morgan fingerprint density at radius 2 is 1.96 bits per heavy atom. The molecule has 0 aromatic heterocycles. The van der Waals surface area contributed by atoms with Gasteiger partial charge in [0.2, 0.25) is 11.8 Å². The Morgan fingerprint density at radius 3 is 2.60 bits per heavy atom. The molecule has 7 heteroatoms. The largest absolute Gasteiger partial charge is 0.449 e. The highest BCUT2D eigenvalue weighted by Crippen LogP contribution is 2.05. The van der Waals surface area contributed by atoms with Gasteiger partial charge in [0, 0.05) is 12.8 Å². The van der Waals surface area contributed by atoms with E-state index in [4.69, 9.17) is 10.00 Å². The molecule has 7 nitrogen and oxygen atoms in total. The van der Waals surface area contributed by atoms with Gasteiger partial charge in [-0.25, -0.2) is 4.79 Å².